The van der Waals surface area contributed by atoms with E-state index in [0.29, 0.717) is 44.7 Å². The Morgan fingerprint density at radius 1 is 0.978 bits per heavy atom. The number of likely N-dealkylation sites (tertiary alicyclic amines) is 1. The van der Waals surface area contributed by atoms with Gasteiger partial charge in [0.05, 0.1) is 18.4 Å². The smallest absolute Gasteiger partial charge is 0.245 e. The van der Waals surface area contributed by atoms with Crippen LogP contribution in [-0.2, 0) is 27.2 Å². The number of benzene rings is 2. The third-order valence-electron chi connectivity index (χ3n) is 10.4. The van der Waals surface area contributed by atoms with Crippen LogP contribution < -0.4 is 21.1 Å². The Morgan fingerprint density at radius 2 is 1.64 bits per heavy atom. The number of piperidine rings is 1. The second kappa shape index (κ2) is 13.9. The predicted molar refractivity (Wildman–Crippen MR) is 177 cm³/mol. The van der Waals surface area contributed by atoms with Gasteiger partial charge >= 0.3 is 0 Å². The monoisotopic (exact) mass is 616 g/mol. The predicted octanol–water partition coefficient (Wildman–Crippen LogP) is 5.09. The van der Waals surface area contributed by atoms with Crippen molar-refractivity contribution >= 4 is 17.7 Å². The topological polar surface area (TPSA) is 114 Å². The highest BCUT2D eigenvalue weighted by Crippen LogP contribution is 2.46. The van der Waals surface area contributed by atoms with Crippen molar-refractivity contribution in [2.45, 2.75) is 103 Å². The van der Waals surface area contributed by atoms with Gasteiger partial charge in [0.1, 0.15) is 11.8 Å². The van der Waals surface area contributed by atoms with Crippen LogP contribution in [0.4, 0.5) is 0 Å². The lowest BCUT2D eigenvalue weighted by Crippen LogP contribution is -2.59. The number of methoxy groups -OCH3 is 1. The third-order valence-corrected chi connectivity index (χ3v) is 10.4. The fourth-order valence-electron chi connectivity index (χ4n) is 7.85. The van der Waals surface area contributed by atoms with Gasteiger partial charge in [0.15, 0.2) is 0 Å². The Balaban J connectivity index is 1.34. The van der Waals surface area contributed by atoms with Gasteiger partial charge in [-0.05, 0) is 94.0 Å². The first-order chi connectivity index (χ1) is 21.5. The summed E-state index contributed by atoms with van der Waals surface area (Å²) in [6.45, 7) is 7.08. The lowest BCUT2D eigenvalue weighted by molar-refractivity contribution is -0.147. The number of nitrogens with one attached hydrogen (secondary N) is 2. The molecule has 8 nitrogen and oxygen atoms in total. The maximum Gasteiger partial charge on any atom is 0.245 e. The summed E-state index contributed by atoms with van der Waals surface area (Å²) in [7, 11) is 1.62. The van der Waals surface area contributed by atoms with E-state index in [2.05, 4.69) is 16.7 Å². The molecule has 3 aliphatic rings. The maximum atomic E-state index is 14.3. The number of nitrogens with zero attached hydrogens (tertiary/aromatic N) is 1. The summed E-state index contributed by atoms with van der Waals surface area (Å²) >= 11 is 0. The molecule has 0 radical (unpaired) electrons. The fraction of sp³-hybridized carbons (Fsp3) is 0.595. The molecule has 2 fully saturated rings. The maximum absolute atomic E-state index is 14.3. The number of amides is 3. The minimum absolute atomic E-state index is 0.0996. The number of rotatable bonds is 8. The van der Waals surface area contributed by atoms with Crippen LogP contribution in [0, 0.1) is 17.3 Å². The highest BCUT2D eigenvalue weighted by atomic mass is 16.5. The Hall–Kier alpha value is -3.39. The van der Waals surface area contributed by atoms with Gasteiger partial charge in [0, 0.05) is 31.1 Å². The van der Waals surface area contributed by atoms with Crippen molar-refractivity contribution in [3.05, 3.63) is 65.2 Å². The Bertz CT molecular complexity index is 1340. The summed E-state index contributed by atoms with van der Waals surface area (Å²) in [5.74, 6) is 0.507. The quantitative estimate of drug-likeness (QED) is 0.383. The van der Waals surface area contributed by atoms with Crippen LogP contribution in [0.25, 0.3) is 0 Å². The van der Waals surface area contributed by atoms with E-state index < -0.39 is 23.4 Å². The van der Waals surface area contributed by atoms with E-state index in [1.54, 1.807) is 7.11 Å². The standard InChI is InChI=1S/C37H52N4O4/c1-36(2,3)40-35(44)37(27-11-6-5-7-12-27)20-22-41(23-21-37)34(43)31(24-25-14-17-28(45-4)18-15-25)39-33(42)30-19-16-26-10-8-9-13-29(26)32(30)38/h8-10,13-15,17-18,27,30-32H,5-7,11-12,16,19-24,38H2,1-4H3,(H,39,42)(H,40,44)/t30?,31-,32?/m1/s1. The number of hydrogen-bond acceptors (Lipinski definition) is 5. The molecule has 1 aliphatic heterocycles. The van der Waals surface area contributed by atoms with Crippen LogP contribution in [0.3, 0.4) is 0 Å². The highest BCUT2D eigenvalue weighted by Gasteiger charge is 2.49. The van der Waals surface area contributed by atoms with Gasteiger partial charge in [-0.25, -0.2) is 0 Å². The first-order valence-corrected chi connectivity index (χ1v) is 16.9. The van der Waals surface area contributed by atoms with Crippen LogP contribution in [0.1, 0.15) is 94.9 Å². The lowest BCUT2D eigenvalue weighted by Gasteiger charge is -2.48. The average Bonchev–Trinajstić information content (AvgIpc) is 3.04. The molecule has 1 saturated heterocycles. The second-order valence-corrected chi connectivity index (χ2v) is 14.5. The largest absolute Gasteiger partial charge is 0.497 e. The number of carbonyl (C=O) groups is 3. The minimum Gasteiger partial charge on any atom is -0.497 e. The van der Waals surface area contributed by atoms with Gasteiger partial charge in [-0.3, -0.25) is 14.4 Å². The van der Waals surface area contributed by atoms with E-state index in [9.17, 15) is 14.4 Å². The molecule has 2 aliphatic carbocycles. The van der Waals surface area contributed by atoms with Gasteiger partial charge in [-0.15, -0.1) is 0 Å². The summed E-state index contributed by atoms with van der Waals surface area (Å²) in [6.07, 6.45) is 8.72. The molecule has 8 heteroatoms. The second-order valence-electron chi connectivity index (χ2n) is 14.5. The lowest BCUT2D eigenvalue weighted by atomic mass is 9.63. The summed E-state index contributed by atoms with van der Waals surface area (Å²) in [5.41, 5.74) is 8.97. The first kappa shape index (κ1) is 33.0. The molecule has 1 heterocycles. The van der Waals surface area contributed by atoms with Crippen molar-refractivity contribution < 1.29 is 19.1 Å². The molecule has 0 bridgehead atoms. The van der Waals surface area contributed by atoms with Crippen molar-refractivity contribution in [3.63, 3.8) is 0 Å². The van der Waals surface area contributed by atoms with Gasteiger partial charge in [0.2, 0.25) is 17.7 Å². The fourth-order valence-corrected chi connectivity index (χ4v) is 7.85. The molecule has 5 rings (SSSR count). The molecule has 45 heavy (non-hydrogen) atoms. The summed E-state index contributed by atoms with van der Waals surface area (Å²) < 4.78 is 5.33. The SMILES string of the molecule is COc1ccc(C[C@@H](NC(=O)C2CCc3ccccc3C2N)C(=O)N2CCC(C(=O)NC(C)(C)C)(C3CCCCC3)CC2)cc1. The van der Waals surface area contributed by atoms with E-state index in [1.165, 1.54) is 12.0 Å². The zero-order valence-corrected chi connectivity index (χ0v) is 27.6. The van der Waals surface area contributed by atoms with Crippen LogP contribution >= 0.6 is 0 Å². The average molecular weight is 617 g/mol. The normalized spacial score (nSPS) is 22.6. The molecule has 0 aromatic heterocycles. The van der Waals surface area contributed by atoms with Gasteiger partial charge < -0.3 is 26.0 Å². The van der Waals surface area contributed by atoms with Crippen molar-refractivity contribution in [3.8, 4) is 5.75 Å². The molecule has 3 amide bonds. The van der Waals surface area contributed by atoms with Crippen molar-refractivity contribution in [1.82, 2.24) is 15.5 Å². The van der Waals surface area contributed by atoms with Crippen LogP contribution in [0.2, 0.25) is 0 Å². The van der Waals surface area contributed by atoms with E-state index in [4.69, 9.17) is 10.5 Å². The molecule has 1 saturated carbocycles. The molecular weight excluding hydrogens is 564 g/mol. The van der Waals surface area contributed by atoms with Crippen LogP contribution in [-0.4, -0.2) is 54.4 Å². The van der Waals surface area contributed by atoms with E-state index in [1.807, 2.05) is 68.1 Å². The van der Waals surface area contributed by atoms with Gasteiger partial charge in [-0.1, -0.05) is 55.7 Å². The van der Waals surface area contributed by atoms with Crippen molar-refractivity contribution in [1.29, 1.82) is 0 Å². The summed E-state index contributed by atoms with van der Waals surface area (Å²) in [4.78, 5) is 43.8. The zero-order valence-electron chi connectivity index (χ0n) is 27.6. The third kappa shape index (κ3) is 7.54. The van der Waals surface area contributed by atoms with E-state index in [0.717, 1.165) is 49.0 Å². The molecule has 3 atom stereocenters. The Labute approximate surface area is 268 Å². The number of ether oxygens (including phenoxy) is 1. The molecule has 2 aromatic carbocycles. The van der Waals surface area contributed by atoms with Crippen molar-refractivity contribution in [2.75, 3.05) is 20.2 Å². The number of fused-ring (bicyclic) bond motifs is 1. The van der Waals surface area contributed by atoms with Gasteiger partial charge in [0.25, 0.3) is 0 Å². The number of nitrogens with two attached hydrogens (primary N) is 1. The number of hydrogen-bond donors (Lipinski definition) is 3. The number of aryl methyl sites for hydroxylation is 1. The molecular formula is C37H52N4O4. The van der Waals surface area contributed by atoms with Crippen molar-refractivity contribution in [2.24, 2.45) is 23.0 Å². The molecule has 2 unspecified atom stereocenters. The molecule has 4 N–H and O–H groups in total. The summed E-state index contributed by atoms with van der Waals surface area (Å²) in [5, 5.41) is 6.43. The Morgan fingerprint density at radius 3 is 2.29 bits per heavy atom. The Kier molecular flexibility index (Phi) is 10.2. The highest BCUT2D eigenvalue weighted by molar-refractivity contribution is 5.90. The zero-order chi connectivity index (χ0) is 32.2. The van der Waals surface area contributed by atoms with E-state index in [-0.39, 0.29) is 23.3 Å². The molecule has 0 spiro atoms. The minimum atomic E-state index is -0.735. The number of carbonyl (C=O) groups excluding carboxylic acids is 3. The molecule has 244 valence electrons. The first-order valence-electron chi connectivity index (χ1n) is 16.9. The van der Waals surface area contributed by atoms with Gasteiger partial charge in [-0.2, -0.15) is 0 Å². The molecule has 2 aromatic rings. The van der Waals surface area contributed by atoms with Crippen LogP contribution in [0.5, 0.6) is 5.75 Å². The van der Waals surface area contributed by atoms with Crippen LogP contribution in [0.15, 0.2) is 48.5 Å². The van der Waals surface area contributed by atoms with E-state index >= 15 is 0 Å². The summed E-state index contributed by atoms with van der Waals surface area (Å²) in [6, 6.07) is 14.5.